The van der Waals surface area contributed by atoms with Crippen molar-refractivity contribution in [2.45, 2.75) is 26.5 Å². The zero-order valence-electron chi connectivity index (χ0n) is 14.6. The highest BCUT2D eigenvalue weighted by molar-refractivity contribution is 5.93. The lowest BCUT2D eigenvalue weighted by atomic mass is 9.87. The molecule has 0 saturated carbocycles. The molecule has 132 valence electrons. The summed E-state index contributed by atoms with van der Waals surface area (Å²) in [5.41, 5.74) is 1.50. The first-order chi connectivity index (χ1) is 12.0. The van der Waals surface area contributed by atoms with Crippen LogP contribution in [0.4, 0.5) is 0 Å². The summed E-state index contributed by atoms with van der Waals surface area (Å²) in [4.78, 5) is 14.8. The number of carbonyl (C=O) groups is 1. The van der Waals surface area contributed by atoms with Gasteiger partial charge in [0.25, 0.3) is 5.91 Å². The van der Waals surface area contributed by atoms with Crippen LogP contribution in [-0.2, 0) is 11.3 Å². The van der Waals surface area contributed by atoms with Gasteiger partial charge in [-0.05, 0) is 25.1 Å². The van der Waals surface area contributed by atoms with E-state index in [4.69, 9.17) is 9.47 Å². The fourth-order valence-corrected chi connectivity index (χ4v) is 3.47. The molecule has 1 unspecified atom stereocenters. The van der Waals surface area contributed by atoms with E-state index in [1.54, 1.807) is 0 Å². The molecule has 0 aliphatic carbocycles. The number of hydrogen-bond donors (Lipinski definition) is 0. The molecule has 0 radical (unpaired) electrons. The lowest BCUT2D eigenvalue weighted by Crippen LogP contribution is -2.53. The fourth-order valence-electron chi connectivity index (χ4n) is 3.47. The van der Waals surface area contributed by atoms with Gasteiger partial charge in [0, 0.05) is 18.5 Å². The first-order valence-electron chi connectivity index (χ1n) is 8.67. The summed E-state index contributed by atoms with van der Waals surface area (Å²) in [6.07, 6.45) is 0. The normalized spacial score (nSPS) is 21.6. The van der Waals surface area contributed by atoms with Crippen molar-refractivity contribution in [3.63, 3.8) is 0 Å². The van der Waals surface area contributed by atoms with Gasteiger partial charge in [-0.2, -0.15) is 5.10 Å². The molecule has 6 nitrogen and oxygen atoms in total. The van der Waals surface area contributed by atoms with Crippen LogP contribution in [0.1, 0.15) is 36.1 Å². The van der Waals surface area contributed by atoms with Gasteiger partial charge in [-0.25, -0.2) is 0 Å². The van der Waals surface area contributed by atoms with Crippen LogP contribution in [0, 0.1) is 5.41 Å². The number of hydrogen-bond acceptors (Lipinski definition) is 4. The minimum absolute atomic E-state index is 0.0460. The highest BCUT2D eigenvalue weighted by Gasteiger charge is 2.39. The zero-order chi connectivity index (χ0) is 17.4. The molecule has 1 amide bonds. The number of rotatable bonds is 5. The van der Waals surface area contributed by atoms with Gasteiger partial charge in [-0.15, -0.1) is 0 Å². The first kappa shape index (κ1) is 16.1. The molecule has 6 heteroatoms. The number of carbonyl (C=O) groups excluding carboxylic acids is 1. The number of benzene rings is 1. The number of para-hydroxylation sites is 1. The third-order valence-corrected chi connectivity index (χ3v) is 4.80. The summed E-state index contributed by atoms with van der Waals surface area (Å²) in [6.45, 7) is 7.48. The van der Waals surface area contributed by atoms with Crippen molar-refractivity contribution in [1.82, 2.24) is 14.7 Å². The van der Waals surface area contributed by atoms with Crippen molar-refractivity contribution in [2.75, 3.05) is 26.3 Å². The molecular formula is C19H23N3O3. The molecule has 0 spiro atoms. The summed E-state index contributed by atoms with van der Waals surface area (Å²) in [5.74, 6) is 0.845. The van der Waals surface area contributed by atoms with Crippen molar-refractivity contribution < 1.29 is 14.3 Å². The smallest absolute Gasteiger partial charge is 0.272 e. The Kier molecular flexibility index (Phi) is 4.00. The number of nitrogens with zero attached hydrogens (tertiary/aromatic N) is 3. The van der Waals surface area contributed by atoms with Crippen LogP contribution in [0.2, 0.25) is 0 Å². The number of ether oxygens (including phenoxy) is 2. The van der Waals surface area contributed by atoms with Crippen molar-refractivity contribution in [2.24, 2.45) is 5.41 Å². The van der Waals surface area contributed by atoms with Crippen LogP contribution in [0.5, 0.6) is 5.75 Å². The van der Waals surface area contributed by atoms with Gasteiger partial charge >= 0.3 is 0 Å². The van der Waals surface area contributed by atoms with E-state index >= 15 is 0 Å². The van der Waals surface area contributed by atoms with Crippen LogP contribution in [0.15, 0.2) is 36.4 Å². The second-order valence-electron chi connectivity index (χ2n) is 7.41. The van der Waals surface area contributed by atoms with Gasteiger partial charge in [0.15, 0.2) is 0 Å². The molecular weight excluding hydrogens is 318 g/mol. The Morgan fingerprint density at radius 1 is 1.32 bits per heavy atom. The molecule has 1 atom stereocenters. The van der Waals surface area contributed by atoms with E-state index in [9.17, 15) is 4.79 Å². The third kappa shape index (κ3) is 3.14. The van der Waals surface area contributed by atoms with Gasteiger partial charge in [0.05, 0.1) is 19.3 Å². The summed E-state index contributed by atoms with van der Waals surface area (Å²) in [6, 6.07) is 11.6. The van der Waals surface area contributed by atoms with Crippen LogP contribution < -0.4 is 4.74 Å². The van der Waals surface area contributed by atoms with Crippen LogP contribution >= 0.6 is 0 Å². The maximum atomic E-state index is 12.9. The molecule has 2 aliphatic heterocycles. The predicted molar refractivity (Wildman–Crippen MR) is 92.5 cm³/mol. The first-order valence-corrected chi connectivity index (χ1v) is 8.67. The highest BCUT2D eigenvalue weighted by atomic mass is 16.5. The Hall–Kier alpha value is -2.34. The number of fused-ring (bicyclic) bond motifs is 1. The molecule has 3 heterocycles. The SMILES string of the molecule is CC1CN(CC2(C)COC2)C(=O)c2cc(COc3ccccc3)nn21. The summed E-state index contributed by atoms with van der Waals surface area (Å²) >= 11 is 0. The molecule has 25 heavy (non-hydrogen) atoms. The zero-order valence-corrected chi connectivity index (χ0v) is 14.6. The van der Waals surface area contributed by atoms with Crippen molar-refractivity contribution >= 4 is 5.91 Å². The standard InChI is InChI=1S/C19H23N3O3/c1-14-9-21(11-19(2)12-24-13-19)18(23)17-8-15(20-22(14)17)10-25-16-6-4-3-5-7-16/h3-8,14H,9-13H2,1-2H3. The van der Waals surface area contributed by atoms with Gasteiger partial charge in [0.2, 0.25) is 0 Å². The molecule has 1 saturated heterocycles. The van der Waals surface area contributed by atoms with Crippen molar-refractivity contribution in [3.05, 3.63) is 47.8 Å². The van der Waals surface area contributed by atoms with E-state index in [0.717, 1.165) is 31.2 Å². The number of amides is 1. The monoisotopic (exact) mass is 341 g/mol. The second kappa shape index (κ2) is 6.19. The lowest BCUT2D eigenvalue weighted by Gasteiger charge is -2.43. The van der Waals surface area contributed by atoms with E-state index in [0.29, 0.717) is 18.8 Å². The highest BCUT2D eigenvalue weighted by Crippen LogP contribution is 2.31. The van der Waals surface area contributed by atoms with Gasteiger partial charge in [-0.3, -0.25) is 9.48 Å². The average molecular weight is 341 g/mol. The Morgan fingerprint density at radius 3 is 2.76 bits per heavy atom. The third-order valence-electron chi connectivity index (χ3n) is 4.80. The molecule has 2 aromatic rings. The molecule has 1 aromatic heterocycles. The van der Waals surface area contributed by atoms with E-state index in [2.05, 4.69) is 18.9 Å². The van der Waals surface area contributed by atoms with Crippen molar-refractivity contribution in [3.8, 4) is 5.75 Å². The fraction of sp³-hybridized carbons (Fsp3) is 0.474. The minimum atomic E-state index is 0.0460. The topological polar surface area (TPSA) is 56.6 Å². The second-order valence-corrected chi connectivity index (χ2v) is 7.41. The van der Waals surface area contributed by atoms with Gasteiger partial charge < -0.3 is 14.4 Å². The lowest BCUT2D eigenvalue weighted by molar-refractivity contribution is -0.112. The minimum Gasteiger partial charge on any atom is -0.487 e. The molecule has 0 N–H and O–H groups in total. The Bertz CT molecular complexity index is 767. The maximum absolute atomic E-state index is 12.9. The van der Waals surface area contributed by atoms with E-state index < -0.39 is 0 Å². The molecule has 1 fully saturated rings. The average Bonchev–Trinajstić information content (AvgIpc) is 3.02. The van der Waals surface area contributed by atoms with E-state index in [1.807, 2.05) is 46.0 Å². The number of aromatic nitrogens is 2. The largest absolute Gasteiger partial charge is 0.487 e. The Balaban J connectivity index is 1.48. The van der Waals surface area contributed by atoms with E-state index in [-0.39, 0.29) is 17.4 Å². The summed E-state index contributed by atoms with van der Waals surface area (Å²) < 4.78 is 12.9. The molecule has 0 bridgehead atoms. The van der Waals surface area contributed by atoms with Gasteiger partial charge in [-0.1, -0.05) is 25.1 Å². The molecule has 2 aliphatic rings. The quantitative estimate of drug-likeness (QED) is 0.838. The summed E-state index contributed by atoms with van der Waals surface area (Å²) in [5, 5.41) is 4.58. The Labute approximate surface area is 147 Å². The molecule has 4 rings (SSSR count). The van der Waals surface area contributed by atoms with Crippen LogP contribution in [0.25, 0.3) is 0 Å². The maximum Gasteiger partial charge on any atom is 0.272 e. The van der Waals surface area contributed by atoms with E-state index in [1.165, 1.54) is 0 Å². The van der Waals surface area contributed by atoms with Gasteiger partial charge in [0.1, 0.15) is 23.7 Å². The predicted octanol–water partition coefficient (Wildman–Crippen LogP) is 2.52. The summed E-state index contributed by atoms with van der Waals surface area (Å²) in [7, 11) is 0. The van der Waals surface area contributed by atoms with Crippen molar-refractivity contribution in [1.29, 1.82) is 0 Å². The molecule has 1 aromatic carbocycles. The Morgan fingerprint density at radius 2 is 2.08 bits per heavy atom. The van der Waals surface area contributed by atoms with Crippen LogP contribution in [0.3, 0.4) is 0 Å². The van der Waals surface area contributed by atoms with Crippen LogP contribution in [-0.4, -0.2) is 46.9 Å².